The van der Waals surface area contributed by atoms with Crippen LogP contribution in [0.5, 0.6) is 5.75 Å². The van der Waals surface area contributed by atoms with Crippen molar-refractivity contribution in [1.82, 2.24) is 19.7 Å². The number of aliphatic imine (C=N–C) groups is 1. The van der Waals surface area contributed by atoms with Crippen LogP contribution in [0.1, 0.15) is 43.5 Å². The third-order valence-corrected chi connectivity index (χ3v) is 7.38. The van der Waals surface area contributed by atoms with Crippen LogP contribution in [0.25, 0.3) is 17.8 Å². The maximum Gasteiger partial charge on any atom is 0.573 e. The van der Waals surface area contributed by atoms with Gasteiger partial charge >= 0.3 is 12.4 Å². The van der Waals surface area contributed by atoms with E-state index in [9.17, 15) is 27.2 Å². The molecular weight excluding hydrogens is 564 g/mol. The second-order valence-corrected chi connectivity index (χ2v) is 10.3. The van der Waals surface area contributed by atoms with Gasteiger partial charge in [0.25, 0.3) is 0 Å². The van der Waals surface area contributed by atoms with Gasteiger partial charge in [-0.1, -0.05) is 43.2 Å². The number of amidine groups is 1. The summed E-state index contributed by atoms with van der Waals surface area (Å²) in [4.78, 5) is 34.7. The molecule has 214 valence electrons. The van der Waals surface area contributed by atoms with Crippen molar-refractivity contribution in [3.8, 4) is 11.4 Å². The van der Waals surface area contributed by atoms with Crippen molar-refractivity contribution in [2.24, 2.45) is 4.99 Å². The van der Waals surface area contributed by atoms with Crippen LogP contribution >= 0.6 is 11.8 Å². The molecule has 0 bridgehead atoms. The van der Waals surface area contributed by atoms with Crippen molar-refractivity contribution in [3.63, 3.8) is 0 Å². The molecule has 2 fully saturated rings. The molecule has 9 nitrogen and oxygen atoms in total. The Morgan fingerprint density at radius 3 is 2.56 bits per heavy atom. The standard InChI is InChI=1S/C27H24F4N6O3S/c28-21-14-17(7-13-23-32-16-36(35-23)18-8-10-20(11-9-18)40-27(29,30)31)6-12-22(21)33-25(39)34-26-37(24(38)15-41-26)19-4-2-1-3-5-19/h6-14,16,19H,1-5,15H2,(H,33,39)/b13-7+,34-26-. The number of carbonyl (C=O) groups excluding carboxylic acids is 2. The maximum absolute atomic E-state index is 14.8. The Kier molecular flexibility index (Phi) is 8.38. The van der Waals surface area contributed by atoms with Crippen LogP contribution in [-0.2, 0) is 4.79 Å². The van der Waals surface area contributed by atoms with Gasteiger partial charge in [-0.3, -0.25) is 9.69 Å². The number of hydrogen-bond acceptors (Lipinski definition) is 6. The first-order valence-corrected chi connectivity index (χ1v) is 13.7. The number of nitrogens with one attached hydrogen (secondary N) is 1. The predicted octanol–water partition coefficient (Wildman–Crippen LogP) is 6.27. The first-order valence-electron chi connectivity index (χ1n) is 12.7. The lowest BCUT2D eigenvalue weighted by Crippen LogP contribution is -2.41. The molecule has 41 heavy (non-hydrogen) atoms. The summed E-state index contributed by atoms with van der Waals surface area (Å²) >= 11 is 1.21. The topological polar surface area (TPSA) is 102 Å². The van der Waals surface area contributed by atoms with Gasteiger partial charge in [-0.05, 0) is 60.9 Å². The minimum absolute atomic E-state index is 0.0416. The number of halogens is 4. The first-order chi connectivity index (χ1) is 19.6. The predicted molar refractivity (Wildman–Crippen MR) is 146 cm³/mol. The lowest BCUT2D eigenvalue weighted by atomic mass is 9.94. The minimum Gasteiger partial charge on any atom is -0.406 e. The summed E-state index contributed by atoms with van der Waals surface area (Å²) in [5, 5.41) is 7.02. The zero-order valence-electron chi connectivity index (χ0n) is 21.5. The SMILES string of the molecule is O=C(/N=C1\SCC(=O)N1C1CCCCC1)Nc1ccc(/C=C/c2ncn(-c3ccc(OC(F)(F)F)cc3)n2)cc1F. The molecule has 1 aliphatic carbocycles. The number of anilines is 1. The Labute approximate surface area is 236 Å². The van der Waals surface area contributed by atoms with E-state index in [-0.39, 0.29) is 35.0 Å². The van der Waals surface area contributed by atoms with E-state index in [1.807, 2.05) is 0 Å². The van der Waals surface area contributed by atoms with E-state index in [0.717, 1.165) is 44.2 Å². The van der Waals surface area contributed by atoms with Crippen molar-refractivity contribution < 1.29 is 31.9 Å². The second-order valence-electron chi connectivity index (χ2n) is 9.33. The molecule has 0 atom stereocenters. The first kappa shape index (κ1) is 28.3. The quantitative estimate of drug-likeness (QED) is 0.341. The molecule has 1 saturated heterocycles. The molecule has 1 aliphatic heterocycles. The maximum atomic E-state index is 14.8. The Morgan fingerprint density at radius 2 is 1.85 bits per heavy atom. The molecule has 2 aliphatic rings. The number of amides is 3. The van der Waals surface area contributed by atoms with E-state index in [1.54, 1.807) is 17.0 Å². The summed E-state index contributed by atoms with van der Waals surface area (Å²) in [7, 11) is 0. The van der Waals surface area contributed by atoms with E-state index in [0.29, 0.717) is 16.4 Å². The number of hydrogen-bond donors (Lipinski definition) is 1. The average molecular weight is 589 g/mol. The number of aromatic nitrogens is 3. The Bertz CT molecular complexity index is 1480. The molecule has 5 rings (SSSR count). The van der Waals surface area contributed by atoms with Crippen molar-refractivity contribution in [3.05, 3.63) is 66.0 Å². The van der Waals surface area contributed by atoms with E-state index >= 15 is 0 Å². The van der Waals surface area contributed by atoms with E-state index in [4.69, 9.17) is 0 Å². The summed E-state index contributed by atoms with van der Waals surface area (Å²) in [6.45, 7) is 0. The summed E-state index contributed by atoms with van der Waals surface area (Å²) < 4.78 is 57.0. The minimum atomic E-state index is -4.78. The third-order valence-electron chi connectivity index (χ3n) is 6.44. The summed E-state index contributed by atoms with van der Waals surface area (Å²) in [6.07, 6.45) is 4.64. The van der Waals surface area contributed by atoms with Crippen LogP contribution < -0.4 is 10.1 Å². The monoisotopic (exact) mass is 588 g/mol. The fourth-order valence-corrected chi connectivity index (χ4v) is 5.50. The number of benzene rings is 2. The van der Waals surface area contributed by atoms with Crippen molar-refractivity contribution in [2.75, 3.05) is 11.1 Å². The molecule has 3 aromatic rings. The lowest BCUT2D eigenvalue weighted by molar-refractivity contribution is -0.274. The molecule has 0 radical (unpaired) electrons. The van der Waals surface area contributed by atoms with Crippen LogP contribution in [0.2, 0.25) is 0 Å². The Balaban J connectivity index is 1.20. The third kappa shape index (κ3) is 7.31. The number of ether oxygens (including phenoxy) is 1. The molecule has 0 spiro atoms. The van der Waals surface area contributed by atoms with Gasteiger partial charge in [0, 0.05) is 6.04 Å². The van der Waals surface area contributed by atoms with Gasteiger partial charge in [0.15, 0.2) is 11.0 Å². The zero-order valence-corrected chi connectivity index (χ0v) is 22.3. The van der Waals surface area contributed by atoms with Crippen LogP contribution in [0.4, 0.5) is 28.0 Å². The molecule has 1 N–H and O–H groups in total. The highest BCUT2D eigenvalue weighted by atomic mass is 32.2. The number of alkyl halides is 3. The molecule has 14 heteroatoms. The summed E-state index contributed by atoms with van der Waals surface area (Å²) in [6, 6.07) is 8.59. The van der Waals surface area contributed by atoms with E-state index in [2.05, 4.69) is 25.1 Å². The summed E-state index contributed by atoms with van der Waals surface area (Å²) in [5.41, 5.74) is 0.872. The molecule has 3 amide bonds. The molecule has 1 aromatic heterocycles. The fourth-order valence-electron chi connectivity index (χ4n) is 4.57. The van der Waals surface area contributed by atoms with Crippen LogP contribution in [0.3, 0.4) is 0 Å². The van der Waals surface area contributed by atoms with E-state index < -0.39 is 18.2 Å². The van der Waals surface area contributed by atoms with Gasteiger partial charge in [0.05, 0.1) is 17.1 Å². The number of urea groups is 1. The fraction of sp³-hybridized carbons (Fsp3) is 0.296. The number of rotatable bonds is 6. The van der Waals surface area contributed by atoms with Gasteiger partial charge in [-0.15, -0.1) is 18.3 Å². The normalized spacial score (nSPS) is 17.5. The zero-order chi connectivity index (χ0) is 29.0. The number of thioether (sulfide) groups is 1. The van der Waals surface area contributed by atoms with Gasteiger partial charge in [-0.25, -0.2) is 18.9 Å². The van der Waals surface area contributed by atoms with Crippen molar-refractivity contribution in [2.45, 2.75) is 44.5 Å². The van der Waals surface area contributed by atoms with Crippen LogP contribution in [0, 0.1) is 5.82 Å². The van der Waals surface area contributed by atoms with Gasteiger partial charge in [0.1, 0.15) is 17.9 Å². The van der Waals surface area contributed by atoms with E-state index in [1.165, 1.54) is 53.1 Å². The average Bonchev–Trinajstić information content (AvgIpc) is 3.55. The largest absolute Gasteiger partial charge is 0.573 e. The van der Waals surface area contributed by atoms with Crippen molar-refractivity contribution in [1.29, 1.82) is 0 Å². The molecular formula is C27H24F4N6O3S. The van der Waals surface area contributed by atoms with Gasteiger partial charge < -0.3 is 10.1 Å². The van der Waals surface area contributed by atoms with Gasteiger partial charge in [-0.2, -0.15) is 4.99 Å². The second kappa shape index (κ2) is 12.1. The highest BCUT2D eigenvalue weighted by Crippen LogP contribution is 2.30. The smallest absolute Gasteiger partial charge is 0.406 e. The Hall–Kier alpha value is -4.20. The highest BCUT2D eigenvalue weighted by Gasteiger charge is 2.35. The lowest BCUT2D eigenvalue weighted by Gasteiger charge is -2.30. The molecule has 2 heterocycles. The molecule has 1 saturated carbocycles. The van der Waals surface area contributed by atoms with Crippen LogP contribution in [-0.4, -0.2) is 54.9 Å². The highest BCUT2D eigenvalue weighted by molar-refractivity contribution is 8.15. The Morgan fingerprint density at radius 1 is 1.10 bits per heavy atom. The van der Waals surface area contributed by atoms with Crippen LogP contribution in [0.15, 0.2) is 53.8 Å². The number of carbonyl (C=O) groups is 2. The molecule has 2 aromatic carbocycles. The van der Waals surface area contributed by atoms with Crippen molar-refractivity contribution >= 4 is 46.7 Å². The summed E-state index contributed by atoms with van der Waals surface area (Å²) in [5.74, 6) is -0.595. The number of nitrogens with zero attached hydrogens (tertiary/aromatic N) is 5. The van der Waals surface area contributed by atoms with Gasteiger partial charge in [0.2, 0.25) is 5.91 Å². The molecule has 0 unspecified atom stereocenters.